The van der Waals surface area contributed by atoms with Gasteiger partial charge in [0.05, 0.1) is 13.0 Å². The van der Waals surface area contributed by atoms with Gasteiger partial charge in [0, 0.05) is 12.6 Å². The topological polar surface area (TPSA) is 69.6 Å². The maximum absolute atomic E-state index is 13.4. The molecule has 0 saturated carbocycles. The van der Waals surface area contributed by atoms with Gasteiger partial charge in [-0.25, -0.2) is 8.78 Å². The Hall–Kier alpha value is -1.53. The van der Waals surface area contributed by atoms with E-state index in [2.05, 4.69) is 5.32 Å². The minimum absolute atomic E-state index is 0.0515. The third-order valence-corrected chi connectivity index (χ3v) is 2.44. The van der Waals surface area contributed by atoms with Crippen molar-refractivity contribution in [1.82, 2.24) is 5.32 Å². The fraction of sp³-hybridized carbons (Fsp3) is 0.417. The van der Waals surface area contributed by atoms with Gasteiger partial charge in [-0.1, -0.05) is 0 Å². The number of aliphatic carboxylic acids is 1. The average molecular weight is 259 g/mol. The summed E-state index contributed by atoms with van der Waals surface area (Å²) in [5, 5.41) is 20.2. The van der Waals surface area contributed by atoms with E-state index in [1.54, 1.807) is 0 Å². The molecule has 0 aliphatic carbocycles. The molecule has 0 fully saturated rings. The van der Waals surface area contributed by atoms with E-state index in [4.69, 9.17) is 10.2 Å². The highest BCUT2D eigenvalue weighted by molar-refractivity contribution is 5.67. The van der Waals surface area contributed by atoms with Crippen molar-refractivity contribution in [3.05, 3.63) is 35.4 Å². The summed E-state index contributed by atoms with van der Waals surface area (Å²) >= 11 is 0. The summed E-state index contributed by atoms with van der Waals surface area (Å²) in [4.78, 5) is 10.6. The van der Waals surface area contributed by atoms with Crippen LogP contribution in [-0.4, -0.2) is 35.4 Å². The Balaban J connectivity index is 2.74. The first kappa shape index (κ1) is 14.5. The molecule has 100 valence electrons. The van der Waals surface area contributed by atoms with Gasteiger partial charge in [0.15, 0.2) is 0 Å². The second-order valence-corrected chi connectivity index (χ2v) is 3.91. The quantitative estimate of drug-likeness (QED) is 0.681. The van der Waals surface area contributed by atoms with Gasteiger partial charge in [-0.3, -0.25) is 4.79 Å². The largest absolute Gasteiger partial charge is 0.481 e. The van der Waals surface area contributed by atoms with Gasteiger partial charge in [0.25, 0.3) is 0 Å². The molecule has 1 aromatic rings. The second-order valence-electron chi connectivity index (χ2n) is 3.91. The van der Waals surface area contributed by atoms with Crippen molar-refractivity contribution < 1.29 is 23.8 Å². The summed E-state index contributed by atoms with van der Waals surface area (Å²) in [6, 6.07) is 2.51. The SMILES string of the molecule is O=C(O)CC(Cc1cc(F)ccc1F)NCCO. The third kappa shape index (κ3) is 4.77. The van der Waals surface area contributed by atoms with E-state index in [0.717, 1.165) is 18.2 Å². The van der Waals surface area contributed by atoms with Crippen molar-refractivity contribution in [3.8, 4) is 0 Å². The number of nitrogens with one attached hydrogen (secondary N) is 1. The average Bonchev–Trinajstić information content (AvgIpc) is 2.30. The zero-order chi connectivity index (χ0) is 13.5. The Kier molecular flexibility index (Phi) is 5.67. The summed E-state index contributed by atoms with van der Waals surface area (Å²) in [5.74, 6) is -2.18. The fourth-order valence-corrected chi connectivity index (χ4v) is 1.66. The van der Waals surface area contributed by atoms with Gasteiger partial charge in [-0.2, -0.15) is 0 Å². The molecule has 1 atom stereocenters. The monoisotopic (exact) mass is 259 g/mol. The van der Waals surface area contributed by atoms with Crippen LogP contribution in [0, 0.1) is 11.6 Å². The van der Waals surface area contributed by atoms with Crippen molar-refractivity contribution >= 4 is 5.97 Å². The summed E-state index contributed by atoms with van der Waals surface area (Å²) in [5.41, 5.74) is 0.117. The molecule has 0 spiro atoms. The molecular weight excluding hydrogens is 244 g/mol. The van der Waals surface area contributed by atoms with Crippen LogP contribution in [0.15, 0.2) is 18.2 Å². The van der Waals surface area contributed by atoms with Crippen molar-refractivity contribution in [2.75, 3.05) is 13.2 Å². The Morgan fingerprint density at radius 1 is 1.39 bits per heavy atom. The Morgan fingerprint density at radius 2 is 2.11 bits per heavy atom. The lowest BCUT2D eigenvalue weighted by Gasteiger charge is -2.16. The first-order chi connectivity index (χ1) is 8.52. The number of carboxylic acid groups (broad SMARTS) is 1. The molecular formula is C12H15F2NO3. The first-order valence-corrected chi connectivity index (χ1v) is 5.53. The first-order valence-electron chi connectivity index (χ1n) is 5.53. The van der Waals surface area contributed by atoms with Crippen LogP contribution >= 0.6 is 0 Å². The van der Waals surface area contributed by atoms with Gasteiger partial charge >= 0.3 is 5.97 Å². The van der Waals surface area contributed by atoms with Crippen LogP contribution in [-0.2, 0) is 11.2 Å². The fourth-order valence-electron chi connectivity index (χ4n) is 1.66. The molecule has 6 heteroatoms. The lowest BCUT2D eigenvalue weighted by molar-refractivity contribution is -0.137. The van der Waals surface area contributed by atoms with Crippen molar-refractivity contribution in [1.29, 1.82) is 0 Å². The number of benzene rings is 1. The van der Waals surface area contributed by atoms with E-state index in [1.165, 1.54) is 0 Å². The van der Waals surface area contributed by atoms with Gasteiger partial charge < -0.3 is 15.5 Å². The molecule has 0 radical (unpaired) electrons. The number of carboxylic acids is 1. The second kappa shape index (κ2) is 7.03. The molecule has 18 heavy (non-hydrogen) atoms. The predicted molar refractivity (Wildman–Crippen MR) is 61.2 cm³/mol. The van der Waals surface area contributed by atoms with Crippen molar-refractivity contribution in [2.24, 2.45) is 0 Å². The number of aliphatic hydroxyl groups excluding tert-OH is 1. The highest BCUT2D eigenvalue weighted by Gasteiger charge is 2.15. The van der Waals surface area contributed by atoms with E-state index in [9.17, 15) is 13.6 Å². The van der Waals surface area contributed by atoms with E-state index in [1.807, 2.05) is 0 Å². The number of rotatable bonds is 7. The zero-order valence-electron chi connectivity index (χ0n) is 9.70. The minimum Gasteiger partial charge on any atom is -0.481 e. The normalized spacial score (nSPS) is 12.4. The van der Waals surface area contributed by atoms with Gasteiger partial charge in [-0.15, -0.1) is 0 Å². The number of hydrogen-bond donors (Lipinski definition) is 3. The van der Waals surface area contributed by atoms with Crippen LogP contribution in [0.1, 0.15) is 12.0 Å². The van der Waals surface area contributed by atoms with Crippen LogP contribution in [0.5, 0.6) is 0 Å². The summed E-state index contributed by atoms with van der Waals surface area (Å²) in [7, 11) is 0. The molecule has 0 saturated heterocycles. The molecule has 4 nitrogen and oxygen atoms in total. The number of hydrogen-bond acceptors (Lipinski definition) is 3. The standard InChI is InChI=1S/C12H15F2NO3/c13-9-1-2-11(14)8(5-9)6-10(7-12(17)18)15-3-4-16/h1-2,5,10,15-16H,3-4,6-7H2,(H,17,18). The van der Waals surface area contributed by atoms with Crippen LogP contribution < -0.4 is 5.32 Å². The molecule has 3 N–H and O–H groups in total. The maximum atomic E-state index is 13.4. The molecule has 0 heterocycles. The molecule has 0 aliphatic heterocycles. The molecule has 0 bridgehead atoms. The molecule has 0 amide bonds. The van der Waals surface area contributed by atoms with Gasteiger partial charge in [0.2, 0.25) is 0 Å². The lowest BCUT2D eigenvalue weighted by Crippen LogP contribution is -2.35. The molecule has 1 aromatic carbocycles. The number of carbonyl (C=O) groups is 1. The van der Waals surface area contributed by atoms with Crippen molar-refractivity contribution in [3.63, 3.8) is 0 Å². The van der Waals surface area contributed by atoms with E-state index < -0.39 is 23.6 Å². The molecule has 0 aliphatic rings. The Morgan fingerprint density at radius 3 is 2.72 bits per heavy atom. The third-order valence-electron chi connectivity index (χ3n) is 2.44. The molecule has 1 unspecified atom stereocenters. The lowest BCUT2D eigenvalue weighted by atomic mass is 10.0. The summed E-state index contributed by atoms with van der Waals surface area (Å²) in [6.07, 6.45) is -0.175. The smallest absolute Gasteiger partial charge is 0.304 e. The summed E-state index contributed by atoms with van der Waals surface area (Å²) < 4.78 is 26.4. The van der Waals surface area contributed by atoms with E-state index >= 15 is 0 Å². The van der Waals surface area contributed by atoms with Crippen LogP contribution in [0.25, 0.3) is 0 Å². The Bertz CT molecular complexity index is 412. The Labute approximate surface area is 103 Å². The zero-order valence-corrected chi connectivity index (χ0v) is 9.70. The minimum atomic E-state index is -1.04. The van der Waals surface area contributed by atoms with Crippen LogP contribution in [0.4, 0.5) is 8.78 Å². The van der Waals surface area contributed by atoms with Gasteiger partial charge in [-0.05, 0) is 30.2 Å². The van der Waals surface area contributed by atoms with Crippen LogP contribution in [0.3, 0.4) is 0 Å². The number of aliphatic hydroxyl groups is 1. The predicted octanol–water partition coefficient (Wildman–Crippen LogP) is 0.932. The van der Waals surface area contributed by atoms with Crippen LogP contribution in [0.2, 0.25) is 0 Å². The highest BCUT2D eigenvalue weighted by atomic mass is 19.1. The van der Waals surface area contributed by atoms with Crippen molar-refractivity contribution in [2.45, 2.75) is 18.9 Å². The summed E-state index contributed by atoms with van der Waals surface area (Å²) in [6.45, 7) is 0.0522. The molecule has 1 rings (SSSR count). The maximum Gasteiger partial charge on any atom is 0.304 e. The van der Waals surface area contributed by atoms with E-state index in [-0.39, 0.29) is 31.6 Å². The molecule has 0 aromatic heterocycles. The number of halogens is 2. The highest BCUT2D eigenvalue weighted by Crippen LogP contribution is 2.13. The van der Waals surface area contributed by atoms with E-state index in [0.29, 0.717) is 0 Å². The van der Waals surface area contributed by atoms with Gasteiger partial charge in [0.1, 0.15) is 11.6 Å².